The summed E-state index contributed by atoms with van der Waals surface area (Å²) in [6.45, 7) is 0. The lowest BCUT2D eigenvalue weighted by atomic mass is 10.1. The van der Waals surface area contributed by atoms with Gasteiger partial charge < -0.3 is 20.8 Å². The average Bonchev–Trinajstić information content (AvgIpc) is 3.03. The third kappa shape index (κ3) is 7.51. The molecule has 5 aromatic carbocycles. The average molecular weight is 744 g/mol. The molecule has 0 atom stereocenters. The molecule has 0 aliphatic carbocycles. The standard InChI is InChI=1S/C32H19Cl3F6N4O4/c33-21-9-8-19(32(39,40)41)15-23(21)43-30(49)44(24-11-10-22(34)27(35)28(24)47)45(25-12-16-4-1-2-5-17(16)13-26(25)46)29(48)42-20-7-3-6-18(14-20)31(36,37)38/h1-15,46-47H,(H,42,48)(H,43,49). The molecule has 5 rings (SSSR count). The van der Waals surface area contributed by atoms with Crippen LogP contribution in [0.2, 0.25) is 15.1 Å². The fourth-order valence-corrected chi connectivity index (χ4v) is 5.09. The monoisotopic (exact) mass is 742 g/mol. The number of urea groups is 2. The van der Waals surface area contributed by atoms with E-state index in [2.05, 4.69) is 10.6 Å². The van der Waals surface area contributed by atoms with Crippen molar-refractivity contribution in [1.82, 2.24) is 0 Å². The number of aromatic hydroxyl groups is 2. The third-order valence-corrected chi connectivity index (χ3v) is 8.03. The van der Waals surface area contributed by atoms with E-state index < -0.39 is 74.8 Å². The first-order valence-electron chi connectivity index (χ1n) is 13.6. The fraction of sp³-hybridized carbons (Fsp3) is 0.0625. The second-order valence-corrected chi connectivity index (χ2v) is 11.4. The van der Waals surface area contributed by atoms with Gasteiger partial charge in [-0.1, -0.05) is 65.1 Å². The maximum absolute atomic E-state index is 14.1. The maximum atomic E-state index is 14.1. The van der Waals surface area contributed by atoms with Crippen molar-refractivity contribution in [3.8, 4) is 11.5 Å². The first-order chi connectivity index (χ1) is 23.0. The summed E-state index contributed by atoms with van der Waals surface area (Å²) in [7, 11) is 0. The highest BCUT2D eigenvalue weighted by Gasteiger charge is 2.37. The van der Waals surface area contributed by atoms with Gasteiger partial charge in [0.2, 0.25) is 0 Å². The first-order valence-corrected chi connectivity index (χ1v) is 14.7. The zero-order chi connectivity index (χ0) is 35.8. The number of amides is 4. The summed E-state index contributed by atoms with van der Waals surface area (Å²) in [5.41, 5.74) is -4.43. The number of phenols is 2. The zero-order valence-corrected chi connectivity index (χ0v) is 26.4. The van der Waals surface area contributed by atoms with Crippen molar-refractivity contribution >= 4 is 80.4 Å². The molecular weight excluding hydrogens is 725 g/mol. The summed E-state index contributed by atoms with van der Waals surface area (Å²) in [4.78, 5) is 28.3. The Bertz CT molecular complexity index is 2100. The number of benzene rings is 5. The topological polar surface area (TPSA) is 105 Å². The van der Waals surface area contributed by atoms with Gasteiger partial charge in [-0.15, -0.1) is 0 Å². The van der Waals surface area contributed by atoms with Gasteiger partial charge in [0, 0.05) is 5.69 Å². The Morgan fingerprint density at radius 3 is 1.84 bits per heavy atom. The van der Waals surface area contributed by atoms with Crippen LogP contribution in [0.1, 0.15) is 11.1 Å². The molecule has 0 radical (unpaired) electrons. The lowest BCUT2D eigenvalue weighted by Crippen LogP contribution is -2.54. The normalized spacial score (nSPS) is 11.7. The molecule has 0 saturated carbocycles. The van der Waals surface area contributed by atoms with Crippen LogP contribution in [0, 0.1) is 0 Å². The summed E-state index contributed by atoms with van der Waals surface area (Å²) in [6.07, 6.45) is -9.67. The summed E-state index contributed by atoms with van der Waals surface area (Å²) in [5.74, 6) is -1.55. The second kappa shape index (κ2) is 13.5. The molecule has 0 bridgehead atoms. The molecule has 0 unspecified atom stereocenters. The lowest BCUT2D eigenvalue weighted by Gasteiger charge is -2.35. The lowest BCUT2D eigenvalue weighted by molar-refractivity contribution is -0.138. The van der Waals surface area contributed by atoms with E-state index in [1.54, 1.807) is 24.3 Å². The highest BCUT2D eigenvalue weighted by atomic mass is 35.5. The highest BCUT2D eigenvalue weighted by Crippen LogP contribution is 2.43. The number of carbonyl (C=O) groups is 2. The number of anilines is 4. The number of hydrazine groups is 1. The van der Waals surface area contributed by atoms with Gasteiger partial charge in [0.25, 0.3) is 0 Å². The van der Waals surface area contributed by atoms with Gasteiger partial charge in [0.1, 0.15) is 22.1 Å². The summed E-state index contributed by atoms with van der Waals surface area (Å²) >= 11 is 18.3. The maximum Gasteiger partial charge on any atom is 0.416 e. The summed E-state index contributed by atoms with van der Waals surface area (Å²) in [5, 5.41) is 27.2. The third-order valence-electron chi connectivity index (χ3n) is 6.91. The van der Waals surface area contributed by atoms with Crippen molar-refractivity contribution < 1.29 is 46.1 Å². The van der Waals surface area contributed by atoms with E-state index in [0.29, 0.717) is 39.0 Å². The van der Waals surface area contributed by atoms with Crippen molar-refractivity contribution in [1.29, 1.82) is 0 Å². The molecule has 4 amide bonds. The second-order valence-electron chi connectivity index (χ2n) is 10.2. The highest BCUT2D eigenvalue weighted by molar-refractivity contribution is 6.43. The number of nitrogens with zero attached hydrogens (tertiary/aromatic N) is 2. The van der Waals surface area contributed by atoms with Crippen LogP contribution in [-0.4, -0.2) is 22.3 Å². The molecule has 0 spiro atoms. The van der Waals surface area contributed by atoms with Gasteiger partial charge >= 0.3 is 24.4 Å². The van der Waals surface area contributed by atoms with Gasteiger partial charge in [-0.3, -0.25) is 0 Å². The predicted molar refractivity (Wildman–Crippen MR) is 175 cm³/mol. The van der Waals surface area contributed by atoms with E-state index in [1.165, 1.54) is 12.1 Å². The Kier molecular flexibility index (Phi) is 9.68. The molecule has 0 saturated heterocycles. The molecule has 0 aliphatic heterocycles. The number of hydrogen-bond donors (Lipinski definition) is 4. The van der Waals surface area contributed by atoms with E-state index in [1.807, 2.05) is 0 Å². The van der Waals surface area contributed by atoms with Crippen LogP contribution in [0.3, 0.4) is 0 Å². The predicted octanol–water partition coefficient (Wildman–Crippen LogP) is 10.9. The van der Waals surface area contributed by atoms with Gasteiger partial charge in [0.15, 0.2) is 5.75 Å². The van der Waals surface area contributed by atoms with Crippen LogP contribution in [0.25, 0.3) is 10.8 Å². The van der Waals surface area contributed by atoms with Crippen molar-refractivity contribution in [2.75, 3.05) is 20.7 Å². The van der Waals surface area contributed by atoms with Crippen LogP contribution in [0.5, 0.6) is 11.5 Å². The van der Waals surface area contributed by atoms with Gasteiger partial charge in [-0.2, -0.15) is 36.4 Å². The molecule has 5 aromatic rings. The number of halogens is 9. The van der Waals surface area contributed by atoms with Crippen LogP contribution in [0.15, 0.2) is 91.0 Å². The molecule has 0 fully saturated rings. The van der Waals surface area contributed by atoms with Crippen LogP contribution in [-0.2, 0) is 12.4 Å². The van der Waals surface area contributed by atoms with Crippen molar-refractivity contribution in [3.63, 3.8) is 0 Å². The van der Waals surface area contributed by atoms with Crippen LogP contribution < -0.4 is 20.7 Å². The van der Waals surface area contributed by atoms with Crippen molar-refractivity contribution in [3.05, 3.63) is 117 Å². The smallest absolute Gasteiger partial charge is 0.416 e. The zero-order valence-electron chi connectivity index (χ0n) is 24.2. The Morgan fingerprint density at radius 2 is 1.18 bits per heavy atom. The molecule has 0 aliphatic rings. The van der Waals surface area contributed by atoms with E-state index in [4.69, 9.17) is 34.8 Å². The molecule has 0 aromatic heterocycles. The van der Waals surface area contributed by atoms with E-state index in [9.17, 15) is 46.1 Å². The van der Waals surface area contributed by atoms with Crippen LogP contribution in [0.4, 0.5) is 58.7 Å². The van der Waals surface area contributed by atoms with Crippen LogP contribution >= 0.6 is 34.8 Å². The Balaban J connectivity index is 1.73. The summed E-state index contributed by atoms with van der Waals surface area (Å²) < 4.78 is 81.1. The fourth-order valence-electron chi connectivity index (χ4n) is 4.62. The minimum Gasteiger partial charge on any atom is -0.506 e. The number of alkyl halides is 6. The van der Waals surface area contributed by atoms with E-state index in [0.717, 1.165) is 36.4 Å². The Morgan fingerprint density at radius 1 is 0.612 bits per heavy atom. The summed E-state index contributed by atoms with van der Waals surface area (Å²) in [6, 6.07) is 13.6. The molecule has 0 heterocycles. The molecule has 8 nitrogen and oxygen atoms in total. The minimum atomic E-state index is -4.86. The number of fused-ring (bicyclic) bond motifs is 1. The number of phenolic OH excluding ortho intramolecular Hbond substituents is 2. The number of nitrogens with one attached hydrogen (secondary N) is 2. The number of carbonyl (C=O) groups excluding carboxylic acids is 2. The molecular formula is C32H19Cl3F6N4O4. The Hall–Kier alpha value is -5.05. The Labute approximate surface area is 287 Å². The van der Waals surface area contributed by atoms with Crippen molar-refractivity contribution in [2.24, 2.45) is 0 Å². The van der Waals surface area contributed by atoms with E-state index in [-0.39, 0.29) is 10.0 Å². The minimum absolute atomic E-state index is 0.210. The van der Waals surface area contributed by atoms with Gasteiger partial charge in [-0.05, 0) is 71.4 Å². The van der Waals surface area contributed by atoms with E-state index >= 15 is 0 Å². The largest absolute Gasteiger partial charge is 0.506 e. The molecule has 49 heavy (non-hydrogen) atoms. The quantitative estimate of drug-likeness (QED) is 0.109. The first kappa shape index (κ1) is 35.3. The molecule has 254 valence electrons. The van der Waals surface area contributed by atoms with Crippen molar-refractivity contribution in [2.45, 2.75) is 12.4 Å². The molecule has 17 heteroatoms. The van der Waals surface area contributed by atoms with Gasteiger partial charge in [-0.25, -0.2) is 9.59 Å². The number of hydrogen-bond acceptors (Lipinski definition) is 4. The molecule has 4 N–H and O–H groups in total. The SMILES string of the molecule is O=C(Nc1cccc(C(F)(F)F)c1)N(c1cc2ccccc2cc1O)N(C(=O)Nc1cc(C(F)(F)F)ccc1Cl)c1ccc(Cl)c(Cl)c1O. The van der Waals surface area contributed by atoms with Gasteiger partial charge in [0.05, 0.1) is 26.9 Å². The number of rotatable bonds is 4.